The average molecular weight is 384 g/mol. The fourth-order valence-corrected chi connectivity index (χ4v) is 1.74. The van der Waals surface area contributed by atoms with E-state index in [0.29, 0.717) is 5.56 Å². The summed E-state index contributed by atoms with van der Waals surface area (Å²) >= 11 is 0. The molecule has 0 amide bonds. The van der Waals surface area contributed by atoms with Crippen molar-refractivity contribution in [2.75, 3.05) is 13.2 Å². The van der Waals surface area contributed by atoms with Gasteiger partial charge in [-0.05, 0) is 5.56 Å². The molecule has 1 rings (SSSR count). The van der Waals surface area contributed by atoms with Gasteiger partial charge in [-0.15, -0.1) is 0 Å². The average Bonchev–Trinajstić information content (AvgIpc) is 2.45. The molecule has 0 atom stereocenters. The van der Waals surface area contributed by atoms with Gasteiger partial charge in [0.1, 0.15) is 13.2 Å². The van der Waals surface area contributed by atoms with Crippen molar-refractivity contribution in [1.82, 2.24) is 0 Å². The first-order chi connectivity index (χ1) is 10.8. The van der Waals surface area contributed by atoms with E-state index in [1.807, 2.05) is 0 Å². The van der Waals surface area contributed by atoms with Crippen molar-refractivity contribution >= 4 is 10.1 Å². The molecular weight excluding hydrogens is 373 g/mol. The third kappa shape index (κ3) is 5.31. The lowest BCUT2D eigenvalue weighted by Crippen LogP contribution is -2.48. The van der Waals surface area contributed by atoms with Gasteiger partial charge in [0.2, 0.25) is 0 Å². The predicted octanol–water partition coefficient (Wildman–Crippen LogP) is 3.34. The molecule has 0 heterocycles. The van der Waals surface area contributed by atoms with E-state index in [1.165, 1.54) is 12.1 Å². The van der Waals surface area contributed by atoms with Crippen LogP contribution in [0, 0.1) is 0 Å². The molecule has 0 saturated heterocycles. The maximum absolute atomic E-state index is 13.3. The van der Waals surface area contributed by atoms with Crippen LogP contribution in [-0.4, -0.2) is 39.0 Å². The second-order valence-electron chi connectivity index (χ2n) is 4.55. The largest absolute Gasteiger partial charge is 0.523 e. The van der Waals surface area contributed by atoms with Gasteiger partial charge in [-0.3, -0.25) is 4.18 Å². The highest BCUT2D eigenvalue weighted by molar-refractivity contribution is 7.87. The normalized spacial score (nSPS) is 14.0. The van der Waals surface area contributed by atoms with Crippen LogP contribution in [0.4, 0.5) is 30.7 Å². The van der Waals surface area contributed by atoms with Crippen molar-refractivity contribution in [2.45, 2.75) is 24.0 Å². The van der Waals surface area contributed by atoms with Crippen LogP contribution in [-0.2, 0) is 25.6 Å². The van der Waals surface area contributed by atoms with Crippen LogP contribution >= 0.6 is 0 Å². The summed E-state index contributed by atoms with van der Waals surface area (Å²) in [6.45, 7) is -4.96. The van der Waals surface area contributed by atoms with Gasteiger partial charge in [-0.1, -0.05) is 30.3 Å². The van der Waals surface area contributed by atoms with E-state index in [4.69, 9.17) is 0 Å². The Balaban J connectivity index is 2.63. The molecule has 0 spiro atoms. The van der Waals surface area contributed by atoms with Gasteiger partial charge in [0.05, 0.1) is 6.61 Å². The molecule has 0 aliphatic heterocycles. The fourth-order valence-electron chi connectivity index (χ4n) is 1.30. The van der Waals surface area contributed by atoms with Crippen molar-refractivity contribution in [3.63, 3.8) is 0 Å². The van der Waals surface area contributed by atoms with Crippen molar-refractivity contribution in [1.29, 1.82) is 0 Å². The number of hydrogen-bond acceptors (Lipinski definition) is 4. The third-order valence-corrected chi connectivity index (χ3v) is 3.60. The molecule has 1 aromatic carbocycles. The molecule has 0 aliphatic carbocycles. The zero-order valence-corrected chi connectivity index (χ0v) is 12.5. The number of halogens is 7. The summed E-state index contributed by atoms with van der Waals surface area (Å²) in [5.74, 6) is -10.1. The minimum absolute atomic E-state index is 0.396. The Morgan fingerprint density at radius 2 is 1.33 bits per heavy atom. The lowest BCUT2D eigenvalue weighted by Gasteiger charge is -2.26. The van der Waals surface area contributed by atoms with Crippen LogP contribution in [0.2, 0.25) is 0 Å². The molecular formula is C12H11F7O4S. The highest BCUT2D eigenvalue weighted by Gasteiger charge is 2.59. The van der Waals surface area contributed by atoms with Gasteiger partial charge >= 0.3 is 27.5 Å². The molecule has 1 aromatic rings. The van der Waals surface area contributed by atoms with Crippen molar-refractivity contribution in [3.8, 4) is 0 Å². The van der Waals surface area contributed by atoms with Crippen LogP contribution in [0.15, 0.2) is 30.3 Å². The number of rotatable bonds is 8. The Morgan fingerprint density at radius 1 is 0.833 bits per heavy atom. The molecule has 4 nitrogen and oxygen atoms in total. The molecule has 0 unspecified atom stereocenters. The lowest BCUT2D eigenvalue weighted by molar-refractivity contribution is -0.244. The van der Waals surface area contributed by atoms with Gasteiger partial charge in [0.25, 0.3) is 0 Å². The minimum Gasteiger partial charge on any atom is -0.370 e. The van der Waals surface area contributed by atoms with E-state index >= 15 is 0 Å². The van der Waals surface area contributed by atoms with E-state index in [1.54, 1.807) is 18.2 Å². The second-order valence-corrected chi connectivity index (χ2v) is 6.16. The smallest absolute Gasteiger partial charge is 0.370 e. The summed E-state index contributed by atoms with van der Waals surface area (Å²) in [7, 11) is -6.41. The Labute approximate surface area is 132 Å². The van der Waals surface area contributed by atoms with Crippen LogP contribution in [0.25, 0.3) is 0 Å². The molecule has 0 N–H and O–H groups in total. The summed E-state index contributed by atoms with van der Waals surface area (Å²) < 4.78 is 117. The Morgan fingerprint density at radius 3 is 1.83 bits per heavy atom. The SMILES string of the molecule is O=S(=O)(OCC(F)(F)C(F)(F)COCc1ccccc1)C(F)(F)F. The quantitative estimate of drug-likeness (QED) is 0.392. The number of ether oxygens (including phenoxy) is 1. The molecule has 0 aromatic heterocycles. The van der Waals surface area contributed by atoms with E-state index in [9.17, 15) is 39.2 Å². The molecule has 0 bridgehead atoms. The number of hydrogen-bond donors (Lipinski definition) is 0. The summed E-state index contributed by atoms with van der Waals surface area (Å²) in [4.78, 5) is 0. The topological polar surface area (TPSA) is 52.6 Å². The van der Waals surface area contributed by atoms with Crippen LogP contribution in [0.5, 0.6) is 0 Å². The Hall–Kier alpha value is -1.40. The zero-order chi connectivity index (χ0) is 18.6. The predicted molar refractivity (Wildman–Crippen MR) is 66.9 cm³/mol. The lowest BCUT2D eigenvalue weighted by atomic mass is 10.2. The molecule has 0 fully saturated rings. The van der Waals surface area contributed by atoms with E-state index in [-0.39, 0.29) is 0 Å². The van der Waals surface area contributed by atoms with E-state index in [0.717, 1.165) is 0 Å². The van der Waals surface area contributed by atoms with Crippen LogP contribution in [0.3, 0.4) is 0 Å². The Bertz CT molecular complexity index is 629. The van der Waals surface area contributed by atoms with Gasteiger partial charge in [0, 0.05) is 0 Å². The summed E-state index contributed by atoms with van der Waals surface area (Å²) in [6, 6.07) is 7.64. The summed E-state index contributed by atoms with van der Waals surface area (Å²) in [5, 5.41) is 0. The first kappa shape index (κ1) is 20.6. The van der Waals surface area contributed by atoms with Gasteiger partial charge in [0.15, 0.2) is 0 Å². The molecule has 0 radical (unpaired) electrons. The molecule has 0 aliphatic rings. The maximum atomic E-state index is 13.3. The first-order valence-corrected chi connectivity index (χ1v) is 7.52. The van der Waals surface area contributed by atoms with Crippen molar-refractivity contribution < 1.29 is 48.1 Å². The molecule has 138 valence electrons. The molecule has 12 heteroatoms. The fraction of sp³-hybridized carbons (Fsp3) is 0.500. The summed E-state index contributed by atoms with van der Waals surface area (Å²) in [6.07, 6.45) is 0. The third-order valence-electron chi connectivity index (χ3n) is 2.61. The monoisotopic (exact) mass is 384 g/mol. The van der Waals surface area contributed by atoms with E-state index in [2.05, 4.69) is 8.92 Å². The van der Waals surface area contributed by atoms with Gasteiger partial charge < -0.3 is 4.74 Å². The maximum Gasteiger partial charge on any atom is 0.523 e. The highest BCUT2D eigenvalue weighted by atomic mass is 32.2. The molecule has 0 saturated carbocycles. The second kappa shape index (κ2) is 7.23. The van der Waals surface area contributed by atoms with Crippen LogP contribution < -0.4 is 0 Å². The van der Waals surface area contributed by atoms with E-state index < -0.39 is 47.3 Å². The first-order valence-electron chi connectivity index (χ1n) is 6.11. The molecule has 24 heavy (non-hydrogen) atoms. The minimum atomic E-state index is -6.41. The number of alkyl halides is 7. The summed E-state index contributed by atoms with van der Waals surface area (Å²) in [5.41, 5.74) is -5.60. The highest BCUT2D eigenvalue weighted by Crippen LogP contribution is 2.36. The van der Waals surface area contributed by atoms with Gasteiger partial charge in [-0.2, -0.15) is 39.2 Å². The Kier molecular flexibility index (Phi) is 6.22. The number of benzene rings is 1. The zero-order valence-electron chi connectivity index (χ0n) is 11.7. The van der Waals surface area contributed by atoms with Crippen molar-refractivity contribution in [2.24, 2.45) is 0 Å². The standard InChI is InChI=1S/C12H11F7O4S/c13-10(14,7-22-6-9-4-2-1-3-5-9)11(15,16)8-23-24(20,21)12(17,18)19/h1-5H,6-8H2. The van der Waals surface area contributed by atoms with Crippen molar-refractivity contribution in [3.05, 3.63) is 35.9 Å². The van der Waals surface area contributed by atoms with Crippen LogP contribution in [0.1, 0.15) is 5.56 Å². The van der Waals surface area contributed by atoms with Gasteiger partial charge in [-0.25, -0.2) is 0 Å².